The van der Waals surface area contributed by atoms with Gasteiger partial charge in [0.2, 0.25) is 0 Å². The molecular formula is C13H22N2. The SMILES string of the molecule is CCN(CCN(C)C)c1ccc(C)cc1. The van der Waals surface area contributed by atoms with Gasteiger partial charge in [-0.05, 0) is 40.1 Å². The molecule has 0 aliphatic carbocycles. The van der Waals surface area contributed by atoms with E-state index in [-0.39, 0.29) is 0 Å². The molecule has 1 aromatic carbocycles. The normalized spacial score (nSPS) is 10.7. The molecule has 0 bridgehead atoms. The molecule has 84 valence electrons. The topological polar surface area (TPSA) is 6.48 Å². The van der Waals surface area contributed by atoms with Crippen LogP contribution in [0.4, 0.5) is 5.69 Å². The summed E-state index contributed by atoms with van der Waals surface area (Å²) in [6, 6.07) is 8.75. The van der Waals surface area contributed by atoms with E-state index in [1.807, 2.05) is 0 Å². The van der Waals surface area contributed by atoms with Gasteiger partial charge in [-0.1, -0.05) is 17.7 Å². The van der Waals surface area contributed by atoms with Gasteiger partial charge in [0.05, 0.1) is 0 Å². The number of hydrogen-bond donors (Lipinski definition) is 0. The number of hydrogen-bond acceptors (Lipinski definition) is 2. The molecule has 0 fully saturated rings. The lowest BCUT2D eigenvalue weighted by atomic mass is 10.2. The minimum Gasteiger partial charge on any atom is -0.371 e. The summed E-state index contributed by atoms with van der Waals surface area (Å²) in [6.45, 7) is 7.58. The minimum atomic E-state index is 1.07. The first kappa shape index (κ1) is 12.1. The van der Waals surface area contributed by atoms with Crippen molar-refractivity contribution in [2.75, 3.05) is 38.6 Å². The van der Waals surface area contributed by atoms with Crippen LogP contribution in [0.25, 0.3) is 0 Å². The predicted octanol–water partition coefficient (Wildman–Crippen LogP) is 2.38. The van der Waals surface area contributed by atoms with Gasteiger partial charge in [0.1, 0.15) is 0 Å². The number of nitrogens with zero attached hydrogens (tertiary/aromatic N) is 2. The van der Waals surface area contributed by atoms with E-state index < -0.39 is 0 Å². The lowest BCUT2D eigenvalue weighted by Crippen LogP contribution is -2.31. The predicted molar refractivity (Wildman–Crippen MR) is 67.6 cm³/mol. The summed E-state index contributed by atoms with van der Waals surface area (Å²) >= 11 is 0. The van der Waals surface area contributed by atoms with Crippen LogP contribution >= 0.6 is 0 Å². The van der Waals surface area contributed by atoms with Crippen LogP contribution in [0.1, 0.15) is 12.5 Å². The summed E-state index contributed by atoms with van der Waals surface area (Å²) in [5.41, 5.74) is 2.65. The van der Waals surface area contributed by atoms with Gasteiger partial charge in [0, 0.05) is 25.3 Å². The Hall–Kier alpha value is -1.02. The highest BCUT2D eigenvalue weighted by atomic mass is 15.2. The van der Waals surface area contributed by atoms with Crippen LogP contribution < -0.4 is 4.90 Å². The highest BCUT2D eigenvalue weighted by molar-refractivity contribution is 5.47. The molecule has 0 atom stereocenters. The Balaban J connectivity index is 2.61. The summed E-state index contributed by atoms with van der Waals surface area (Å²) < 4.78 is 0. The van der Waals surface area contributed by atoms with E-state index in [4.69, 9.17) is 0 Å². The Morgan fingerprint density at radius 3 is 2.07 bits per heavy atom. The summed E-state index contributed by atoms with van der Waals surface area (Å²) in [7, 11) is 4.23. The molecule has 2 heteroatoms. The van der Waals surface area contributed by atoms with Crippen LogP contribution in [0.2, 0.25) is 0 Å². The van der Waals surface area contributed by atoms with Crippen molar-refractivity contribution in [3.8, 4) is 0 Å². The smallest absolute Gasteiger partial charge is 0.0366 e. The Labute approximate surface area is 93.5 Å². The van der Waals surface area contributed by atoms with E-state index in [0.717, 1.165) is 19.6 Å². The summed E-state index contributed by atoms with van der Waals surface area (Å²) in [5, 5.41) is 0. The van der Waals surface area contributed by atoms with Crippen LogP contribution in [-0.4, -0.2) is 38.6 Å². The first-order valence-corrected chi connectivity index (χ1v) is 5.60. The molecule has 0 unspecified atom stereocenters. The fraction of sp³-hybridized carbons (Fsp3) is 0.538. The van der Waals surface area contributed by atoms with Gasteiger partial charge in [0.25, 0.3) is 0 Å². The fourth-order valence-corrected chi connectivity index (χ4v) is 1.55. The first-order chi connectivity index (χ1) is 7.13. The molecule has 0 saturated heterocycles. The summed E-state index contributed by atoms with van der Waals surface area (Å²) in [4.78, 5) is 4.62. The number of anilines is 1. The van der Waals surface area contributed by atoms with Crippen LogP contribution in [0.5, 0.6) is 0 Å². The van der Waals surface area contributed by atoms with Crippen molar-refractivity contribution in [1.29, 1.82) is 0 Å². The van der Waals surface area contributed by atoms with Gasteiger partial charge in [0.15, 0.2) is 0 Å². The Bertz CT molecular complexity index is 277. The molecule has 0 N–H and O–H groups in total. The molecule has 2 nitrogen and oxygen atoms in total. The quantitative estimate of drug-likeness (QED) is 0.730. The molecule has 0 amide bonds. The lowest BCUT2D eigenvalue weighted by molar-refractivity contribution is 0.414. The maximum atomic E-state index is 2.40. The van der Waals surface area contributed by atoms with E-state index in [1.165, 1.54) is 11.3 Å². The van der Waals surface area contributed by atoms with Crippen LogP contribution in [0, 0.1) is 6.92 Å². The van der Waals surface area contributed by atoms with Crippen molar-refractivity contribution in [1.82, 2.24) is 4.90 Å². The van der Waals surface area contributed by atoms with Gasteiger partial charge in [-0.15, -0.1) is 0 Å². The zero-order valence-corrected chi connectivity index (χ0v) is 10.3. The maximum Gasteiger partial charge on any atom is 0.0366 e. The summed E-state index contributed by atoms with van der Waals surface area (Å²) in [5.74, 6) is 0. The van der Waals surface area contributed by atoms with E-state index in [9.17, 15) is 0 Å². The molecule has 0 radical (unpaired) electrons. The number of benzene rings is 1. The van der Waals surface area contributed by atoms with E-state index >= 15 is 0 Å². The molecule has 0 heterocycles. The Kier molecular flexibility index (Phi) is 4.63. The van der Waals surface area contributed by atoms with Crippen molar-refractivity contribution in [3.63, 3.8) is 0 Å². The third kappa shape index (κ3) is 3.92. The fourth-order valence-electron chi connectivity index (χ4n) is 1.55. The maximum absolute atomic E-state index is 2.40. The number of aryl methyl sites for hydroxylation is 1. The minimum absolute atomic E-state index is 1.07. The molecule has 0 saturated carbocycles. The van der Waals surface area contributed by atoms with Gasteiger partial charge in [-0.25, -0.2) is 0 Å². The van der Waals surface area contributed by atoms with Crippen LogP contribution in [-0.2, 0) is 0 Å². The molecular weight excluding hydrogens is 184 g/mol. The zero-order chi connectivity index (χ0) is 11.3. The van der Waals surface area contributed by atoms with E-state index in [2.05, 4.69) is 62.0 Å². The van der Waals surface area contributed by atoms with E-state index in [1.54, 1.807) is 0 Å². The third-order valence-corrected chi connectivity index (χ3v) is 2.60. The van der Waals surface area contributed by atoms with Crippen molar-refractivity contribution < 1.29 is 0 Å². The highest BCUT2D eigenvalue weighted by Crippen LogP contribution is 2.14. The van der Waals surface area contributed by atoms with Gasteiger partial charge in [-0.2, -0.15) is 0 Å². The Morgan fingerprint density at radius 2 is 1.60 bits per heavy atom. The molecule has 0 aliphatic heterocycles. The van der Waals surface area contributed by atoms with Gasteiger partial charge in [-0.3, -0.25) is 0 Å². The van der Waals surface area contributed by atoms with Crippen molar-refractivity contribution in [3.05, 3.63) is 29.8 Å². The van der Waals surface area contributed by atoms with Crippen LogP contribution in [0.3, 0.4) is 0 Å². The second-order valence-electron chi connectivity index (χ2n) is 4.22. The second kappa shape index (κ2) is 5.76. The van der Waals surface area contributed by atoms with Crippen LogP contribution in [0.15, 0.2) is 24.3 Å². The zero-order valence-electron chi connectivity index (χ0n) is 10.3. The second-order valence-corrected chi connectivity index (χ2v) is 4.22. The first-order valence-electron chi connectivity index (χ1n) is 5.60. The van der Waals surface area contributed by atoms with Gasteiger partial charge < -0.3 is 9.80 Å². The monoisotopic (exact) mass is 206 g/mol. The number of likely N-dealkylation sites (N-methyl/N-ethyl adjacent to an activating group) is 2. The Morgan fingerprint density at radius 1 is 1.00 bits per heavy atom. The standard InChI is InChI=1S/C13H22N2/c1-5-15(11-10-14(3)4)13-8-6-12(2)7-9-13/h6-9H,5,10-11H2,1-4H3. The van der Waals surface area contributed by atoms with Gasteiger partial charge >= 0.3 is 0 Å². The van der Waals surface area contributed by atoms with Crippen molar-refractivity contribution in [2.24, 2.45) is 0 Å². The third-order valence-electron chi connectivity index (χ3n) is 2.60. The average molecular weight is 206 g/mol. The highest BCUT2D eigenvalue weighted by Gasteiger charge is 2.03. The van der Waals surface area contributed by atoms with Crippen molar-refractivity contribution in [2.45, 2.75) is 13.8 Å². The number of rotatable bonds is 5. The van der Waals surface area contributed by atoms with E-state index in [0.29, 0.717) is 0 Å². The molecule has 1 rings (SSSR count). The molecule has 0 spiro atoms. The molecule has 15 heavy (non-hydrogen) atoms. The van der Waals surface area contributed by atoms with Crippen molar-refractivity contribution >= 4 is 5.69 Å². The molecule has 0 aromatic heterocycles. The summed E-state index contributed by atoms with van der Waals surface area (Å²) in [6.07, 6.45) is 0. The molecule has 0 aliphatic rings. The largest absolute Gasteiger partial charge is 0.371 e. The molecule has 1 aromatic rings. The lowest BCUT2D eigenvalue weighted by Gasteiger charge is -2.25. The average Bonchev–Trinajstić information content (AvgIpc) is 2.21.